The third-order valence-electron chi connectivity index (χ3n) is 5.53. The van der Waals surface area contributed by atoms with E-state index in [0.717, 1.165) is 0 Å². The lowest BCUT2D eigenvalue weighted by Crippen LogP contribution is -2.41. The summed E-state index contributed by atoms with van der Waals surface area (Å²) < 4.78 is 18.4. The van der Waals surface area contributed by atoms with Crippen molar-refractivity contribution in [3.63, 3.8) is 0 Å². The molecule has 2 amide bonds. The minimum atomic E-state index is -0.365. The van der Waals surface area contributed by atoms with E-state index in [2.05, 4.69) is 15.5 Å². The number of anilines is 2. The molecule has 176 valence electrons. The van der Waals surface area contributed by atoms with Crippen LogP contribution in [0.4, 0.5) is 11.4 Å². The van der Waals surface area contributed by atoms with E-state index in [1.807, 2.05) is 38.2 Å². The van der Waals surface area contributed by atoms with Gasteiger partial charge in [0.1, 0.15) is 19.0 Å². The predicted molar refractivity (Wildman–Crippen MR) is 126 cm³/mol. The van der Waals surface area contributed by atoms with Gasteiger partial charge in [-0.15, -0.1) is 10.2 Å². The SMILES string of the molecule is CC(c1nnc(SCC(=O)Nc2ccc3c(c2)OCCO3)n1C)N1C(=O)COc2ccccc21. The molecule has 1 N–H and O–H groups in total. The quantitative estimate of drug-likeness (QED) is 0.536. The van der Waals surface area contributed by atoms with Crippen LogP contribution in [0.2, 0.25) is 0 Å². The summed E-state index contributed by atoms with van der Waals surface area (Å²) in [6.45, 7) is 2.86. The minimum absolute atomic E-state index is 0.0269. The molecule has 2 aromatic carbocycles. The molecule has 0 spiro atoms. The number of hydrogen-bond acceptors (Lipinski definition) is 8. The predicted octanol–water partition coefficient (Wildman–Crippen LogP) is 2.80. The Bertz CT molecular complexity index is 1250. The first-order valence-corrected chi connectivity index (χ1v) is 11.8. The maximum Gasteiger partial charge on any atom is 0.265 e. The molecule has 0 radical (unpaired) electrons. The highest BCUT2D eigenvalue weighted by molar-refractivity contribution is 7.99. The minimum Gasteiger partial charge on any atom is -0.486 e. The fourth-order valence-electron chi connectivity index (χ4n) is 3.93. The number of carbonyl (C=O) groups is 2. The van der Waals surface area contributed by atoms with Gasteiger partial charge in [-0.1, -0.05) is 23.9 Å². The number of nitrogens with one attached hydrogen (secondary N) is 1. The maximum absolute atomic E-state index is 12.6. The maximum atomic E-state index is 12.6. The number of hydrogen-bond donors (Lipinski definition) is 1. The van der Waals surface area contributed by atoms with Crippen molar-refractivity contribution < 1.29 is 23.8 Å². The summed E-state index contributed by atoms with van der Waals surface area (Å²) >= 11 is 1.27. The lowest BCUT2D eigenvalue weighted by molar-refractivity contribution is -0.121. The highest BCUT2D eigenvalue weighted by Crippen LogP contribution is 2.37. The third kappa shape index (κ3) is 4.26. The van der Waals surface area contributed by atoms with Crippen molar-refractivity contribution in [2.75, 3.05) is 35.8 Å². The van der Waals surface area contributed by atoms with E-state index in [1.54, 1.807) is 27.7 Å². The van der Waals surface area contributed by atoms with Crippen LogP contribution in [0.1, 0.15) is 18.8 Å². The van der Waals surface area contributed by atoms with Crippen molar-refractivity contribution in [2.24, 2.45) is 7.05 Å². The van der Waals surface area contributed by atoms with Crippen LogP contribution in [-0.4, -0.2) is 52.2 Å². The Morgan fingerprint density at radius 2 is 1.88 bits per heavy atom. The molecule has 0 aliphatic carbocycles. The van der Waals surface area contributed by atoms with Gasteiger partial charge < -0.3 is 24.1 Å². The summed E-state index contributed by atoms with van der Waals surface area (Å²) in [5.74, 6) is 2.36. The first-order valence-electron chi connectivity index (χ1n) is 10.8. The summed E-state index contributed by atoms with van der Waals surface area (Å²) in [4.78, 5) is 26.8. The van der Waals surface area contributed by atoms with Crippen molar-refractivity contribution in [1.82, 2.24) is 14.8 Å². The topological polar surface area (TPSA) is 108 Å². The zero-order valence-corrected chi connectivity index (χ0v) is 19.5. The van der Waals surface area contributed by atoms with Gasteiger partial charge in [-0.05, 0) is 31.2 Å². The van der Waals surface area contributed by atoms with E-state index >= 15 is 0 Å². The van der Waals surface area contributed by atoms with E-state index in [0.29, 0.717) is 52.8 Å². The van der Waals surface area contributed by atoms with E-state index in [9.17, 15) is 9.59 Å². The van der Waals surface area contributed by atoms with E-state index < -0.39 is 0 Å². The van der Waals surface area contributed by atoms with Crippen molar-refractivity contribution >= 4 is 35.0 Å². The Labute approximate surface area is 200 Å². The summed E-state index contributed by atoms with van der Waals surface area (Å²) in [5, 5.41) is 12.0. The lowest BCUT2D eigenvalue weighted by atomic mass is 10.1. The molecule has 0 saturated heterocycles. The Kier molecular flexibility index (Phi) is 6.01. The summed E-state index contributed by atoms with van der Waals surface area (Å²) in [6.07, 6.45) is 0. The Hall–Kier alpha value is -3.73. The van der Waals surface area contributed by atoms with Crippen LogP contribution in [0.5, 0.6) is 17.2 Å². The number of para-hydroxylation sites is 2. The Balaban J connectivity index is 1.25. The monoisotopic (exact) mass is 481 g/mol. The molecule has 10 nitrogen and oxygen atoms in total. The molecule has 11 heteroatoms. The van der Waals surface area contributed by atoms with Crippen LogP contribution in [0.15, 0.2) is 47.6 Å². The van der Waals surface area contributed by atoms with E-state index in [-0.39, 0.29) is 30.2 Å². The van der Waals surface area contributed by atoms with Gasteiger partial charge in [-0.25, -0.2) is 0 Å². The van der Waals surface area contributed by atoms with Gasteiger partial charge in [0.2, 0.25) is 5.91 Å². The van der Waals surface area contributed by atoms with Gasteiger partial charge in [0, 0.05) is 18.8 Å². The van der Waals surface area contributed by atoms with Crippen LogP contribution in [0, 0.1) is 0 Å². The number of aromatic nitrogens is 3. The number of amides is 2. The van der Waals surface area contributed by atoms with Crippen molar-refractivity contribution in [3.8, 4) is 17.2 Å². The number of thioether (sulfide) groups is 1. The molecular weight excluding hydrogens is 458 g/mol. The number of benzene rings is 2. The van der Waals surface area contributed by atoms with Gasteiger partial charge in [0.25, 0.3) is 5.91 Å². The van der Waals surface area contributed by atoms with Crippen LogP contribution in [-0.2, 0) is 16.6 Å². The molecule has 1 atom stereocenters. The van der Waals surface area contributed by atoms with Gasteiger partial charge in [-0.2, -0.15) is 0 Å². The number of nitrogens with zero attached hydrogens (tertiary/aromatic N) is 4. The highest BCUT2D eigenvalue weighted by Gasteiger charge is 2.32. The van der Waals surface area contributed by atoms with Crippen LogP contribution >= 0.6 is 11.8 Å². The molecule has 2 aliphatic rings. The first kappa shape index (κ1) is 22.1. The lowest BCUT2D eigenvalue weighted by Gasteiger charge is -2.33. The molecule has 0 saturated carbocycles. The molecule has 1 unspecified atom stereocenters. The van der Waals surface area contributed by atoms with Gasteiger partial charge in [0.15, 0.2) is 29.1 Å². The zero-order valence-electron chi connectivity index (χ0n) is 18.7. The molecule has 2 aliphatic heterocycles. The van der Waals surface area contributed by atoms with Crippen molar-refractivity contribution in [2.45, 2.75) is 18.1 Å². The van der Waals surface area contributed by atoms with Crippen molar-refractivity contribution in [1.29, 1.82) is 0 Å². The first-order chi connectivity index (χ1) is 16.5. The van der Waals surface area contributed by atoms with Gasteiger partial charge in [0.05, 0.1) is 17.5 Å². The highest BCUT2D eigenvalue weighted by atomic mass is 32.2. The number of fused-ring (bicyclic) bond motifs is 2. The number of ether oxygens (including phenoxy) is 3. The summed E-state index contributed by atoms with van der Waals surface area (Å²) in [5.41, 5.74) is 1.33. The number of carbonyl (C=O) groups excluding carboxylic acids is 2. The van der Waals surface area contributed by atoms with Crippen LogP contribution in [0.3, 0.4) is 0 Å². The third-order valence-corrected chi connectivity index (χ3v) is 6.55. The molecule has 1 aromatic heterocycles. The van der Waals surface area contributed by atoms with Gasteiger partial charge >= 0.3 is 0 Å². The second-order valence-corrected chi connectivity index (χ2v) is 8.73. The smallest absolute Gasteiger partial charge is 0.265 e. The average molecular weight is 482 g/mol. The fraction of sp³-hybridized carbons (Fsp3) is 0.304. The normalized spacial score (nSPS) is 15.4. The molecule has 3 aromatic rings. The second kappa shape index (κ2) is 9.26. The molecular formula is C23H23N5O5S. The summed E-state index contributed by atoms with van der Waals surface area (Å²) in [7, 11) is 1.82. The number of rotatable bonds is 6. The zero-order chi connectivity index (χ0) is 23.7. The average Bonchev–Trinajstić information content (AvgIpc) is 3.22. The summed E-state index contributed by atoms with van der Waals surface area (Å²) in [6, 6.07) is 12.3. The Morgan fingerprint density at radius 1 is 1.09 bits per heavy atom. The molecule has 5 rings (SSSR count). The molecule has 3 heterocycles. The Morgan fingerprint density at radius 3 is 2.74 bits per heavy atom. The van der Waals surface area contributed by atoms with Crippen LogP contribution < -0.4 is 24.4 Å². The van der Waals surface area contributed by atoms with Crippen molar-refractivity contribution in [3.05, 3.63) is 48.3 Å². The van der Waals surface area contributed by atoms with Crippen LogP contribution in [0.25, 0.3) is 0 Å². The molecule has 0 fully saturated rings. The standard InChI is InChI=1S/C23H23N5O5S/c1-14(28-16-5-3-4-6-17(16)33-12-21(28)30)22-25-26-23(27(22)2)34-13-20(29)24-15-7-8-18-19(11-15)32-10-9-31-18/h3-8,11,14H,9-10,12-13H2,1-2H3,(H,24,29). The molecule has 34 heavy (non-hydrogen) atoms. The largest absolute Gasteiger partial charge is 0.486 e. The second-order valence-electron chi connectivity index (χ2n) is 7.79. The van der Waals surface area contributed by atoms with Gasteiger partial charge in [-0.3, -0.25) is 14.5 Å². The molecule has 0 bridgehead atoms. The van der Waals surface area contributed by atoms with E-state index in [1.165, 1.54) is 11.8 Å². The fourth-order valence-corrected chi connectivity index (χ4v) is 4.64. The van der Waals surface area contributed by atoms with E-state index in [4.69, 9.17) is 14.2 Å².